The normalized spacial score (nSPS) is 13.0. The Labute approximate surface area is 202 Å². The maximum absolute atomic E-state index is 12.9. The maximum Gasteiger partial charge on any atom is 0.407 e. The summed E-state index contributed by atoms with van der Waals surface area (Å²) in [6, 6.07) is 18.6. The van der Waals surface area contributed by atoms with E-state index in [0.717, 1.165) is 28.3 Å². The summed E-state index contributed by atoms with van der Waals surface area (Å²) in [4.78, 5) is 36.7. The number of hydrogen-bond acceptors (Lipinski definition) is 5. The molecule has 1 unspecified atom stereocenters. The third kappa shape index (κ3) is 4.96. The highest BCUT2D eigenvalue weighted by molar-refractivity contribution is 5.99. The van der Waals surface area contributed by atoms with Gasteiger partial charge >= 0.3 is 12.1 Å². The largest absolute Gasteiger partial charge is 0.506 e. The fourth-order valence-corrected chi connectivity index (χ4v) is 4.28. The number of benzene rings is 3. The van der Waals surface area contributed by atoms with Crippen molar-refractivity contribution < 1.29 is 29.3 Å². The minimum atomic E-state index is -1.20. The van der Waals surface area contributed by atoms with E-state index in [1.807, 2.05) is 48.5 Å². The van der Waals surface area contributed by atoms with Crippen molar-refractivity contribution in [3.63, 3.8) is 0 Å². The fourth-order valence-electron chi connectivity index (χ4n) is 4.28. The number of carboxylic acids is 1. The standard InChI is InChI=1S/C27H26N2O6/c1-15(2)24(25(31)28-22-13-16(26(32)33)11-12-23(22)30)29-27(34)35-14-21-19-9-5-3-7-17(19)18-8-4-6-10-20(18)21/h3-13,15,21,24,30H,14H2,1-2H3,(H,28,31)(H,29,34)(H,32,33). The molecule has 4 N–H and O–H groups in total. The smallest absolute Gasteiger partial charge is 0.407 e. The highest BCUT2D eigenvalue weighted by Crippen LogP contribution is 2.44. The number of carbonyl (C=O) groups excluding carboxylic acids is 2. The van der Waals surface area contributed by atoms with Gasteiger partial charge in [-0.2, -0.15) is 0 Å². The first kappa shape index (κ1) is 23.8. The molecule has 1 atom stereocenters. The van der Waals surface area contributed by atoms with E-state index in [9.17, 15) is 19.5 Å². The minimum Gasteiger partial charge on any atom is -0.506 e. The average molecular weight is 475 g/mol. The Kier molecular flexibility index (Phi) is 6.73. The summed E-state index contributed by atoms with van der Waals surface area (Å²) in [6.45, 7) is 3.61. The number of nitrogens with one attached hydrogen (secondary N) is 2. The number of phenols is 1. The minimum absolute atomic E-state index is 0.0603. The van der Waals surface area contributed by atoms with Crippen LogP contribution in [0.25, 0.3) is 11.1 Å². The van der Waals surface area contributed by atoms with E-state index in [4.69, 9.17) is 9.84 Å². The Bertz CT molecular complexity index is 1240. The van der Waals surface area contributed by atoms with Gasteiger partial charge in [-0.3, -0.25) is 4.79 Å². The molecule has 35 heavy (non-hydrogen) atoms. The van der Waals surface area contributed by atoms with Crippen LogP contribution < -0.4 is 10.6 Å². The summed E-state index contributed by atoms with van der Waals surface area (Å²) < 4.78 is 5.54. The molecule has 2 amide bonds. The molecule has 0 aromatic heterocycles. The zero-order valence-electron chi connectivity index (χ0n) is 19.3. The summed E-state index contributed by atoms with van der Waals surface area (Å²) in [5.41, 5.74) is 4.22. The lowest BCUT2D eigenvalue weighted by Crippen LogP contribution is -2.47. The van der Waals surface area contributed by atoms with Gasteiger partial charge in [0.15, 0.2) is 0 Å². The van der Waals surface area contributed by atoms with Gasteiger partial charge < -0.3 is 25.6 Å². The van der Waals surface area contributed by atoms with E-state index < -0.39 is 24.0 Å². The highest BCUT2D eigenvalue weighted by Gasteiger charge is 2.30. The first-order chi connectivity index (χ1) is 16.8. The maximum atomic E-state index is 12.9. The number of phenolic OH excluding ortho intramolecular Hbond substituents is 1. The lowest BCUT2D eigenvalue weighted by Gasteiger charge is -2.22. The molecule has 0 saturated carbocycles. The van der Waals surface area contributed by atoms with Gasteiger partial charge in [0.2, 0.25) is 5.91 Å². The second-order valence-electron chi connectivity index (χ2n) is 8.72. The van der Waals surface area contributed by atoms with Gasteiger partial charge in [-0.1, -0.05) is 62.4 Å². The Morgan fingerprint density at radius 3 is 2.11 bits per heavy atom. The van der Waals surface area contributed by atoms with E-state index in [1.54, 1.807) is 13.8 Å². The number of carbonyl (C=O) groups is 3. The quantitative estimate of drug-likeness (QED) is 0.371. The second kappa shape index (κ2) is 9.89. The molecule has 0 saturated heterocycles. The highest BCUT2D eigenvalue weighted by atomic mass is 16.5. The van der Waals surface area contributed by atoms with E-state index in [2.05, 4.69) is 10.6 Å². The van der Waals surface area contributed by atoms with E-state index in [1.165, 1.54) is 12.1 Å². The molecule has 0 aliphatic heterocycles. The van der Waals surface area contributed by atoms with Gasteiger partial charge in [-0.15, -0.1) is 0 Å². The molecule has 1 aliphatic carbocycles. The van der Waals surface area contributed by atoms with Crippen molar-refractivity contribution in [1.82, 2.24) is 5.32 Å². The van der Waals surface area contributed by atoms with Crippen LogP contribution in [0, 0.1) is 5.92 Å². The number of aromatic hydroxyl groups is 1. The number of carboxylic acid groups (broad SMARTS) is 1. The molecule has 0 heterocycles. The molecular weight excluding hydrogens is 448 g/mol. The number of aromatic carboxylic acids is 1. The average Bonchev–Trinajstić information content (AvgIpc) is 3.16. The van der Waals surface area contributed by atoms with Crippen molar-refractivity contribution in [2.75, 3.05) is 11.9 Å². The van der Waals surface area contributed by atoms with Gasteiger partial charge in [0.25, 0.3) is 0 Å². The predicted octanol–water partition coefficient (Wildman–Crippen LogP) is 4.59. The number of ether oxygens (including phenoxy) is 1. The van der Waals surface area contributed by atoms with E-state index >= 15 is 0 Å². The SMILES string of the molecule is CC(C)C(NC(=O)OCC1c2ccccc2-c2ccccc21)C(=O)Nc1cc(C(=O)O)ccc1O. The number of rotatable bonds is 7. The van der Waals surface area contributed by atoms with Crippen LogP contribution in [0.3, 0.4) is 0 Å². The van der Waals surface area contributed by atoms with Crippen molar-refractivity contribution >= 4 is 23.7 Å². The summed E-state index contributed by atoms with van der Waals surface area (Å²) in [5, 5.41) is 24.3. The van der Waals surface area contributed by atoms with Crippen molar-refractivity contribution in [1.29, 1.82) is 0 Å². The number of amides is 2. The number of alkyl carbamates (subject to hydrolysis) is 1. The van der Waals surface area contributed by atoms with Gasteiger partial charge in [0, 0.05) is 5.92 Å². The molecule has 0 fully saturated rings. The van der Waals surface area contributed by atoms with Crippen molar-refractivity contribution in [2.45, 2.75) is 25.8 Å². The van der Waals surface area contributed by atoms with Crippen LogP contribution in [0.1, 0.15) is 41.3 Å². The van der Waals surface area contributed by atoms with E-state index in [0.29, 0.717) is 0 Å². The summed E-state index contributed by atoms with van der Waals surface area (Å²) >= 11 is 0. The van der Waals surface area contributed by atoms with Crippen molar-refractivity contribution in [3.05, 3.63) is 83.4 Å². The fraction of sp³-hybridized carbons (Fsp3) is 0.222. The van der Waals surface area contributed by atoms with Crippen LogP contribution in [0.4, 0.5) is 10.5 Å². The molecule has 8 nitrogen and oxygen atoms in total. The Morgan fingerprint density at radius 1 is 0.943 bits per heavy atom. The molecule has 180 valence electrons. The Morgan fingerprint density at radius 2 is 1.54 bits per heavy atom. The van der Waals surface area contributed by atoms with Crippen LogP contribution in [-0.4, -0.2) is 40.8 Å². The zero-order valence-corrected chi connectivity index (χ0v) is 19.3. The summed E-state index contributed by atoms with van der Waals surface area (Å²) in [5.74, 6) is -2.51. The summed E-state index contributed by atoms with van der Waals surface area (Å²) in [7, 11) is 0. The third-order valence-electron chi connectivity index (χ3n) is 6.07. The third-order valence-corrected chi connectivity index (χ3v) is 6.07. The van der Waals surface area contributed by atoms with E-state index in [-0.39, 0.29) is 35.4 Å². The molecule has 4 rings (SSSR count). The first-order valence-electron chi connectivity index (χ1n) is 11.2. The van der Waals surface area contributed by atoms with Gasteiger partial charge in [-0.05, 0) is 46.4 Å². The van der Waals surface area contributed by atoms with Gasteiger partial charge in [0.1, 0.15) is 18.4 Å². The number of anilines is 1. The monoisotopic (exact) mass is 474 g/mol. The summed E-state index contributed by atoms with van der Waals surface area (Å²) in [6.07, 6.45) is -0.746. The number of hydrogen-bond donors (Lipinski definition) is 4. The van der Waals surface area contributed by atoms with Crippen molar-refractivity contribution in [2.24, 2.45) is 5.92 Å². The Balaban J connectivity index is 1.43. The second-order valence-corrected chi connectivity index (χ2v) is 8.72. The van der Waals surface area contributed by atoms with Crippen LogP contribution in [-0.2, 0) is 9.53 Å². The molecule has 0 spiro atoms. The van der Waals surface area contributed by atoms with Crippen LogP contribution in [0.5, 0.6) is 5.75 Å². The van der Waals surface area contributed by atoms with Crippen molar-refractivity contribution in [3.8, 4) is 16.9 Å². The van der Waals surface area contributed by atoms with Crippen LogP contribution in [0.15, 0.2) is 66.7 Å². The molecule has 0 radical (unpaired) electrons. The van der Waals surface area contributed by atoms with Crippen LogP contribution in [0.2, 0.25) is 0 Å². The molecule has 0 bridgehead atoms. The number of fused-ring (bicyclic) bond motifs is 3. The molecule has 8 heteroatoms. The molecule has 1 aliphatic rings. The predicted molar refractivity (Wildman–Crippen MR) is 131 cm³/mol. The lowest BCUT2D eigenvalue weighted by molar-refractivity contribution is -0.119. The van der Waals surface area contributed by atoms with Crippen LogP contribution >= 0.6 is 0 Å². The molecule has 3 aromatic rings. The molecule has 3 aromatic carbocycles. The molecular formula is C27H26N2O6. The van der Waals surface area contributed by atoms with Gasteiger partial charge in [0.05, 0.1) is 11.3 Å². The van der Waals surface area contributed by atoms with Gasteiger partial charge in [-0.25, -0.2) is 9.59 Å². The lowest BCUT2D eigenvalue weighted by atomic mass is 9.98. The zero-order chi connectivity index (χ0) is 25.1. The Hall–Kier alpha value is -4.33. The topological polar surface area (TPSA) is 125 Å². The first-order valence-corrected chi connectivity index (χ1v) is 11.2.